The highest BCUT2D eigenvalue weighted by molar-refractivity contribution is 9.10. The second-order valence-electron chi connectivity index (χ2n) is 3.79. The number of nitrogens with zero attached hydrogens (tertiary/aromatic N) is 1. The summed E-state index contributed by atoms with van der Waals surface area (Å²) in [4.78, 5) is 4.27. The summed E-state index contributed by atoms with van der Waals surface area (Å²) >= 11 is 3.34. The first-order chi connectivity index (χ1) is 8.69. The molecule has 0 fully saturated rings. The summed E-state index contributed by atoms with van der Waals surface area (Å²) in [7, 11) is 0. The molecule has 92 valence electrons. The standard InChI is InChI=1S/C14H12BrNO2/c15-12-4-5-14(18)11(7-12)8-16-13-3-1-2-10(6-13)9-17/h1-8,17-18H,9H2. The summed E-state index contributed by atoms with van der Waals surface area (Å²) in [5.41, 5.74) is 2.18. The van der Waals surface area contributed by atoms with Crippen LogP contribution in [0.4, 0.5) is 5.69 Å². The molecule has 0 amide bonds. The smallest absolute Gasteiger partial charge is 0.124 e. The second-order valence-corrected chi connectivity index (χ2v) is 4.71. The van der Waals surface area contributed by atoms with Gasteiger partial charge in [-0.3, -0.25) is 4.99 Å². The van der Waals surface area contributed by atoms with Gasteiger partial charge in [0.1, 0.15) is 5.75 Å². The molecule has 0 atom stereocenters. The Balaban J connectivity index is 2.26. The number of aliphatic hydroxyl groups is 1. The number of phenols is 1. The monoisotopic (exact) mass is 305 g/mol. The van der Waals surface area contributed by atoms with E-state index in [1.54, 1.807) is 30.5 Å². The van der Waals surface area contributed by atoms with Crippen LogP contribution < -0.4 is 0 Å². The van der Waals surface area contributed by atoms with Crippen molar-refractivity contribution in [1.82, 2.24) is 0 Å². The number of hydrogen-bond donors (Lipinski definition) is 2. The van der Waals surface area contributed by atoms with Gasteiger partial charge in [-0.05, 0) is 35.9 Å². The quantitative estimate of drug-likeness (QED) is 0.854. The second kappa shape index (κ2) is 5.80. The molecule has 0 aliphatic rings. The van der Waals surface area contributed by atoms with Gasteiger partial charge in [0.25, 0.3) is 0 Å². The van der Waals surface area contributed by atoms with Crippen LogP contribution in [0, 0.1) is 0 Å². The highest BCUT2D eigenvalue weighted by atomic mass is 79.9. The molecule has 0 saturated heterocycles. The predicted molar refractivity (Wildman–Crippen MR) is 75.4 cm³/mol. The molecular weight excluding hydrogens is 294 g/mol. The van der Waals surface area contributed by atoms with Crippen molar-refractivity contribution in [3.8, 4) is 5.75 Å². The molecule has 0 bridgehead atoms. The molecule has 0 aliphatic heterocycles. The fourth-order valence-corrected chi connectivity index (χ4v) is 1.89. The maximum atomic E-state index is 9.66. The Morgan fingerprint density at radius 3 is 2.78 bits per heavy atom. The molecule has 2 rings (SSSR count). The molecule has 2 N–H and O–H groups in total. The molecule has 0 spiro atoms. The molecule has 18 heavy (non-hydrogen) atoms. The highest BCUT2D eigenvalue weighted by Crippen LogP contribution is 2.21. The average Bonchev–Trinajstić information content (AvgIpc) is 2.40. The van der Waals surface area contributed by atoms with Crippen LogP contribution in [0.25, 0.3) is 0 Å². The maximum Gasteiger partial charge on any atom is 0.124 e. The van der Waals surface area contributed by atoms with Crippen LogP contribution in [0.3, 0.4) is 0 Å². The number of rotatable bonds is 3. The lowest BCUT2D eigenvalue weighted by molar-refractivity contribution is 0.282. The van der Waals surface area contributed by atoms with Crippen molar-refractivity contribution in [2.45, 2.75) is 6.61 Å². The van der Waals surface area contributed by atoms with Crippen molar-refractivity contribution in [1.29, 1.82) is 0 Å². The van der Waals surface area contributed by atoms with E-state index in [0.29, 0.717) is 5.56 Å². The van der Waals surface area contributed by atoms with E-state index in [2.05, 4.69) is 20.9 Å². The highest BCUT2D eigenvalue weighted by Gasteiger charge is 1.99. The van der Waals surface area contributed by atoms with Crippen LogP contribution in [-0.4, -0.2) is 16.4 Å². The van der Waals surface area contributed by atoms with Gasteiger partial charge in [0.2, 0.25) is 0 Å². The van der Waals surface area contributed by atoms with Gasteiger partial charge in [-0.25, -0.2) is 0 Å². The minimum atomic E-state index is -0.00844. The fraction of sp³-hybridized carbons (Fsp3) is 0.0714. The number of aliphatic hydroxyl groups excluding tert-OH is 1. The van der Waals surface area contributed by atoms with Crippen molar-refractivity contribution in [3.63, 3.8) is 0 Å². The van der Waals surface area contributed by atoms with Crippen LogP contribution in [0.15, 0.2) is 51.9 Å². The normalized spacial score (nSPS) is 11.0. The number of benzene rings is 2. The topological polar surface area (TPSA) is 52.8 Å². The van der Waals surface area contributed by atoms with E-state index < -0.39 is 0 Å². The molecule has 0 aliphatic carbocycles. The van der Waals surface area contributed by atoms with E-state index in [0.717, 1.165) is 15.7 Å². The molecule has 2 aromatic rings. The third-order valence-electron chi connectivity index (χ3n) is 2.44. The number of phenolic OH excluding ortho intramolecular Hbond substituents is 1. The fourth-order valence-electron chi connectivity index (χ4n) is 1.51. The lowest BCUT2D eigenvalue weighted by Gasteiger charge is -2.00. The van der Waals surface area contributed by atoms with Gasteiger partial charge in [-0.15, -0.1) is 0 Å². The van der Waals surface area contributed by atoms with Crippen molar-refractivity contribution in [3.05, 3.63) is 58.1 Å². The molecule has 0 saturated carbocycles. The van der Waals surface area contributed by atoms with Crippen molar-refractivity contribution < 1.29 is 10.2 Å². The van der Waals surface area contributed by atoms with Crippen molar-refractivity contribution in [2.75, 3.05) is 0 Å². The zero-order valence-corrected chi connectivity index (χ0v) is 11.1. The first-order valence-electron chi connectivity index (χ1n) is 5.41. The molecule has 3 nitrogen and oxygen atoms in total. The Labute approximate surface area is 114 Å². The summed E-state index contributed by atoms with van der Waals surface area (Å²) in [5, 5.41) is 18.7. The third kappa shape index (κ3) is 3.18. The summed E-state index contributed by atoms with van der Waals surface area (Å²) in [5.74, 6) is 0.181. The minimum absolute atomic E-state index is 0.00844. The van der Waals surface area contributed by atoms with Crippen molar-refractivity contribution in [2.24, 2.45) is 4.99 Å². The summed E-state index contributed by atoms with van der Waals surface area (Å²) in [6.07, 6.45) is 1.59. The first-order valence-corrected chi connectivity index (χ1v) is 6.21. The van der Waals surface area contributed by atoms with E-state index in [1.807, 2.05) is 18.2 Å². The number of halogens is 1. The van der Waals surface area contributed by atoms with E-state index in [1.165, 1.54) is 0 Å². The van der Waals surface area contributed by atoms with Gasteiger partial charge in [0, 0.05) is 16.3 Å². The van der Waals surface area contributed by atoms with Crippen LogP contribution in [0.2, 0.25) is 0 Å². The summed E-state index contributed by atoms with van der Waals surface area (Å²) in [6.45, 7) is -0.00844. The van der Waals surface area contributed by atoms with E-state index in [4.69, 9.17) is 5.11 Å². The lowest BCUT2D eigenvalue weighted by atomic mass is 10.2. The molecule has 0 unspecified atom stereocenters. The lowest BCUT2D eigenvalue weighted by Crippen LogP contribution is -1.83. The molecule has 0 heterocycles. The molecular formula is C14H12BrNO2. The average molecular weight is 306 g/mol. The Kier molecular flexibility index (Phi) is 4.12. The van der Waals surface area contributed by atoms with Crippen LogP contribution in [0.5, 0.6) is 5.75 Å². The Hall–Kier alpha value is -1.65. The zero-order chi connectivity index (χ0) is 13.0. The van der Waals surface area contributed by atoms with Gasteiger partial charge in [0.15, 0.2) is 0 Å². The van der Waals surface area contributed by atoms with E-state index in [-0.39, 0.29) is 12.4 Å². The predicted octanol–water partition coefficient (Wildman–Crippen LogP) is 3.40. The Morgan fingerprint density at radius 2 is 2.00 bits per heavy atom. The molecule has 4 heteroatoms. The van der Waals surface area contributed by atoms with Gasteiger partial charge in [-0.2, -0.15) is 0 Å². The molecule has 0 aromatic heterocycles. The number of hydrogen-bond acceptors (Lipinski definition) is 3. The van der Waals surface area contributed by atoms with Gasteiger partial charge >= 0.3 is 0 Å². The largest absolute Gasteiger partial charge is 0.507 e. The van der Waals surface area contributed by atoms with Crippen LogP contribution >= 0.6 is 15.9 Å². The summed E-state index contributed by atoms with van der Waals surface area (Å²) < 4.78 is 0.880. The SMILES string of the molecule is OCc1cccc(N=Cc2cc(Br)ccc2O)c1. The number of aromatic hydroxyl groups is 1. The van der Waals surface area contributed by atoms with Gasteiger partial charge in [-0.1, -0.05) is 28.1 Å². The number of aliphatic imine (C=N–C) groups is 1. The van der Waals surface area contributed by atoms with Gasteiger partial charge in [0.05, 0.1) is 12.3 Å². The molecule has 0 radical (unpaired) electrons. The van der Waals surface area contributed by atoms with E-state index in [9.17, 15) is 5.11 Å². The summed E-state index contributed by atoms with van der Waals surface area (Å²) in [6, 6.07) is 12.5. The maximum absolute atomic E-state index is 9.66. The van der Waals surface area contributed by atoms with Crippen LogP contribution in [-0.2, 0) is 6.61 Å². The van der Waals surface area contributed by atoms with E-state index >= 15 is 0 Å². The molecule has 2 aromatic carbocycles. The van der Waals surface area contributed by atoms with Crippen LogP contribution in [0.1, 0.15) is 11.1 Å². The van der Waals surface area contributed by atoms with Crippen molar-refractivity contribution >= 4 is 27.8 Å². The Morgan fingerprint density at radius 1 is 1.17 bits per heavy atom. The van der Waals surface area contributed by atoms with Gasteiger partial charge < -0.3 is 10.2 Å². The third-order valence-corrected chi connectivity index (χ3v) is 2.93. The Bertz CT molecular complexity index is 582. The first kappa shape index (κ1) is 12.8. The zero-order valence-electron chi connectivity index (χ0n) is 9.55. The minimum Gasteiger partial charge on any atom is -0.507 e.